The van der Waals surface area contributed by atoms with Crippen LogP contribution in [0, 0.1) is 0 Å². The standard InChI is InChI=1S/C16H24N2O4/c1-11(15(19)12-6-4-3-5-7-12)18(2)16(20)13(17)10-14-21-8-9-22-14/h3-7,11,13-15,19H,8-10,17H2,1-2H3/t11?,13-,15?/m0/s1. The highest BCUT2D eigenvalue weighted by Gasteiger charge is 2.30. The Bertz CT molecular complexity index is 476. The summed E-state index contributed by atoms with van der Waals surface area (Å²) >= 11 is 0. The van der Waals surface area contributed by atoms with Gasteiger partial charge in [-0.05, 0) is 12.5 Å². The summed E-state index contributed by atoms with van der Waals surface area (Å²) in [4.78, 5) is 13.9. The first-order chi connectivity index (χ1) is 10.5. The van der Waals surface area contributed by atoms with Crippen LogP contribution in [0.25, 0.3) is 0 Å². The van der Waals surface area contributed by atoms with Crippen LogP contribution < -0.4 is 5.73 Å². The lowest BCUT2D eigenvalue weighted by Gasteiger charge is -2.31. The van der Waals surface area contributed by atoms with Gasteiger partial charge in [-0.3, -0.25) is 4.79 Å². The van der Waals surface area contributed by atoms with Crippen molar-refractivity contribution in [3.63, 3.8) is 0 Å². The Morgan fingerprint density at radius 2 is 1.95 bits per heavy atom. The van der Waals surface area contributed by atoms with E-state index in [0.717, 1.165) is 5.56 Å². The minimum atomic E-state index is -0.763. The van der Waals surface area contributed by atoms with Gasteiger partial charge in [0.05, 0.1) is 31.4 Å². The molecule has 1 aliphatic heterocycles. The third-order valence-corrected chi connectivity index (χ3v) is 4.01. The van der Waals surface area contributed by atoms with Crippen LogP contribution >= 0.6 is 0 Å². The lowest BCUT2D eigenvalue weighted by atomic mass is 10.0. The SMILES string of the molecule is CC(C(O)c1ccccc1)N(C)C(=O)[C@@H](N)CC1OCCO1. The van der Waals surface area contributed by atoms with Crippen molar-refractivity contribution in [3.05, 3.63) is 35.9 Å². The molecule has 1 saturated heterocycles. The number of likely N-dealkylation sites (N-methyl/N-ethyl adjacent to an activating group) is 1. The highest BCUT2D eigenvalue weighted by Crippen LogP contribution is 2.21. The summed E-state index contributed by atoms with van der Waals surface area (Å²) in [6.07, 6.45) is -0.861. The molecule has 22 heavy (non-hydrogen) atoms. The molecule has 0 saturated carbocycles. The predicted molar refractivity (Wildman–Crippen MR) is 81.9 cm³/mol. The van der Waals surface area contributed by atoms with E-state index in [9.17, 15) is 9.90 Å². The molecule has 0 aromatic heterocycles. The number of nitrogens with zero attached hydrogens (tertiary/aromatic N) is 1. The molecule has 3 N–H and O–H groups in total. The van der Waals surface area contributed by atoms with E-state index in [1.165, 1.54) is 4.90 Å². The first kappa shape index (κ1) is 16.9. The number of rotatable bonds is 6. The summed E-state index contributed by atoms with van der Waals surface area (Å²) < 4.78 is 10.6. The Kier molecular flexibility index (Phi) is 5.90. The zero-order chi connectivity index (χ0) is 16.1. The maximum absolute atomic E-state index is 12.4. The molecule has 2 rings (SSSR count). The van der Waals surface area contributed by atoms with E-state index in [2.05, 4.69) is 0 Å². The Labute approximate surface area is 130 Å². The third kappa shape index (κ3) is 4.04. The van der Waals surface area contributed by atoms with E-state index in [0.29, 0.717) is 19.6 Å². The fourth-order valence-corrected chi connectivity index (χ4v) is 2.45. The molecular weight excluding hydrogens is 284 g/mol. The molecule has 0 bridgehead atoms. The zero-order valence-electron chi connectivity index (χ0n) is 13.0. The van der Waals surface area contributed by atoms with Gasteiger partial charge in [0, 0.05) is 13.5 Å². The molecule has 1 aliphatic rings. The summed E-state index contributed by atoms with van der Waals surface area (Å²) in [5.74, 6) is -0.235. The maximum atomic E-state index is 12.4. The van der Waals surface area contributed by atoms with E-state index < -0.39 is 18.4 Å². The summed E-state index contributed by atoms with van der Waals surface area (Å²) in [6.45, 7) is 2.86. The molecule has 1 aromatic carbocycles. The van der Waals surface area contributed by atoms with Crippen molar-refractivity contribution in [1.29, 1.82) is 0 Å². The Balaban J connectivity index is 1.93. The van der Waals surface area contributed by atoms with E-state index in [-0.39, 0.29) is 11.9 Å². The number of amides is 1. The smallest absolute Gasteiger partial charge is 0.239 e. The monoisotopic (exact) mass is 308 g/mol. The molecule has 1 amide bonds. The summed E-state index contributed by atoms with van der Waals surface area (Å²) in [6, 6.07) is 8.16. The van der Waals surface area contributed by atoms with Gasteiger partial charge >= 0.3 is 0 Å². The second-order valence-electron chi connectivity index (χ2n) is 5.56. The number of hydrogen-bond acceptors (Lipinski definition) is 5. The number of aliphatic hydroxyl groups is 1. The molecule has 0 spiro atoms. The maximum Gasteiger partial charge on any atom is 0.239 e. The molecule has 6 heteroatoms. The number of hydrogen-bond donors (Lipinski definition) is 2. The predicted octanol–water partition coefficient (Wildman–Crippen LogP) is 0.657. The molecule has 6 nitrogen and oxygen atoms in total. The topological polar surface area (TPSA) is 85.0 Å². The molecule has 1 heterocycles. The highest BCUT2D eigenvalue weighted by molar-refractivity contribution is 5.81. The van der Waals surface area contributed by atoms with Crippen molar-refractivity contribution in [2.45, 2.75) is 37.8 Å². The van der Waals surface area contributed by atoms with Crippen LogP contribution in [0.5, 0.6) is 0 Å². The molecule has 0 aliphatic carbocycles. The van der Waals surface area contributed by atoms with E-state index in [1.54, 1.807) is 14.0 Å². The van der Waals surface area contributed by atoms with Crippen molar-refractivity contribution >= 4 is 5.91 Å². The number of benzene rings is 1. The van der Waals surface area contributed by atoms with E-state index in [1.807, 2.05) is 30.3 Å². The van der Waals surface area contributed by atoms with Crippen LogP contribution in [0.1, 0.15) is 25.0 Å². The Morgan fingerprint density at radius 3 is 2.55 bits per heavy atom. The number of ether oxygens (including phenoxy) is 2. The van der Waals surface area contributed by atoms with E-state index in [4.69, 9.17) is 15.2 Å². The molecule has 3 atom stereocenters. The summed E-state index contributed by atoms with van der Waals surface area (Å²) in [5, 5.41) is 10.4. The van der Waals surface area contributed by atoms with Crippen LogP contribution in [-0.2, 0) is 14.3 Å². The third-order valence-electron chi connectivity index (χ3n) is 4.01. The average Bonchev–Trinajstić information content (AvgIpc) is 3.05. The van der Waals surface area contributed by atoms with Gasteiger partial charge in [-0.25, -0.2) is 0 Å². The zero-order valence-corrected chi connectivity index (χ0v) is 13.0. The largest absolute Gasteiger partial charge is 0.386 e. The number of carbonyl (C=O) groups excluding carboxylic acids is 1. The van der Waals surface area contributed by atoms with Crippen LogP contribution in [-0.4, -0.2) is 54.5 Å². The van der Waals surface area contributed by atoms with Crippen LogP contribution in [0.3, 0.4) is 0 Å². The van der Waals surface area contributed by atoms with Crippen LogP contribution in [0.4, 0.5) is 0 Å². The van der Waals surface area contributed by atoms with Gasteiger partial charge in [0.25, 0.3) is 0 Å². The second kappa shape index (κ2) is 7.69. The van der Waals surface area contributed by atoms with Gasteiger partial charge in [-0.2, -0.15) is 0 Å². The quantitative estimate of drug-likeness (QED) is 0.806. The van der Waals surface area contributed by atoms with E-state index >= 15 is 0 Å². The average molecular weight is 308 g/mol. The minimum Gasteiger partial charge on any atom is -0.386 e. The molecular formula is C16H24N2O4. The summed E-state index contributed by atoms with van der Waals surface area (Å²) in [7, 11) is 1.65. The molecule has 1 aromatic rings. The van der Waals surface area contributed by atoms with Crippen molar-refractivity contribution in [3.8, 4) is 0 Å². The summed E-state index contributed by atoms with van der Waals surface area (Å²) in [5.41, 5.74) is 6.71. The van der Waals surface area contributed by atoms with Gasteiger partial charge in [0.2, 0.25) is 5.91 Å². The molecule has 122 valence electrons. The van der Waals surface area contributed by atoms with Crippen LogP contribution in [0.2, 0.25) is 0 Å². The first-order valence-electron chi connectivity index (χ1n) is 7.49. The number of nitrogens with two attached hydrogens (primary N) is 1. The van der Waals surface area contributed by atoms with Crippen molar-refractivity contribution in [2.24, 2.45) is 5.73 Å². The lowest BCUT2D eigenvalue weighted by Crippen LogP contribution is -2.48. The Hall–Kier alpha value is -1.47. The lowest BCUT2D eigenvalue weighted by molar-refractivity contribution is -0.138. The number of carbonyl (C=O) groups is 1. The van der Waals surface area contributed by atoms with Gasteiger partial charge < -0.3 is 25.2 Å². The van der Waals surface area contributed by atoms with Gasteiger partial charge in [0.1, 0.15) is 0 Å². The molecule has 0 radical (unpaired) electrons. The number of aliphatic hydroxyl groups excluding tert-OH is 1. The molecule has 1 fully saturated rings. The van der Waals surface area contributed by atoms with Crippen molar-refractivity contribution in [1.82, 2.24) is 4.90 Å². The molecule has 2 unspecified atom stereocenters. The normalized spacial score (nSPS) is 19.6. The van der Waals surface area contributed by atoms with Crippen LogP contribution in [0.15, 0.2) is 30.3 Å². The van der Waals surface area contributed by atoms with Gasteiger partial charge in [-0.1, -0.05) is 30.3 Å². The fourth-order valence-electron chi connectivity index (χ4n) is 2.45. The first-order valence-corrected chi connectivity index (χ1v) is 7.49. The second-order valence-corrected chi connectivity index (χ2v) is 5.56. The van der Waals surface area contributed by atoms with Crippen molar-refractivity contribution < 1.29 is 19.4 Å². The highest BCUT2D eigenvalue weighted by atomic mass is 16.7. The minimum absolute atomic E-state index is 0.235. The van der Waals surface area contributed by atoms with Gasteiger partial charge in [0.15, 0.2) is 6.29 Å². The van der Waals surface area contributed by atoms with Crippen molar-refractivity contribution in [2.75, 3.05) is 20.3 Å². The Morgan fingerprint density at radius 1 is 1.36 bits per heavy atom. The van der Waals surface area contributed by atoms with Gasteiger partial charge in [-0.15, -0.1) is 0 Å². The fraction of sp³-hybridized carbons (Fsp3) is 0.562.